The third kappa shape index (κ3) is 5.92. The first-order valence-corrected chi connectivity index (χ1v) is 11.2. The highest BCUT2D eigenvalue weighted by atomic mass is 35.5. The van der Waals surface area contributed by atoms with E-state index in [4.69, 9.17) is 16.0 Å². The second-order valence-corrected chi connectivity index (χ2v) is 9.33. The lowest BCUT2D eigenvalue weighted by atomic mass is 10.1. The van der Waals surface area contributed by atoms with Crippen LogP contribution < -0.4 is 5.32 Å². The molecule has 6 nitrogen and oxygen atoms in total. The molecule has 1 aromatic heterocycles. The molecule has 0 aliphatic rings. The lowest BCUT2D eigenvalue weighted by Gasteiger charge is -2.06. The average molecular weight is 433 g/mol. The fourth-order valence-corrected chi connectivity index (χ4v) is 4.24. The molecule has 29 heavy (non-hydrogen) atoms. The van der Waals surface area contributed by atoms with Gasteiger partial charge in [0.15, 0.2) is 9.84 Å². The maximum Gasteiger partial charge on any atom is 0.235 e. The number of oxazole rings is 1. The second-order valence-electron chi connectivity index (χ2n) is 6.83. The number of halogens is 1. The molecule has 0 radical (unpaired) electrons. The van der Waals surface area contributed by atoms with Gasteiger partial charge < -0.3 is 9.73 Å². The van der Waals surface area contributed by atoms with Gasteiger partial charge in [-0.3, -0.25) is 4.79 Å². The highest BCUT2D eigenvalue weighted by molar-refractivity contribution is 7.91. The van der Waals surface area contributed by atoms with E-state index in [-0.39, 0.29) is 12.3 Å². The number of nitrogens with one attached hydrogen (secondary N) is 1. The monoisotopic (exact) mass is 432 g/mol. The quantitative estimate of drug-likeness (QED) is 0.612. The van der Waals surface area contributed by atoms with Crippen molar-refractivity contribution in [3.8, 4) is 11.5 Å². The number of aromatic nitrogens is 1. The van der Waals surface area contributed by atoms with Gasteiger partial charge >= 0.3 is 0 Å². The number of aryl methyl sites for hydroxylation is 2. The van der Waals surface area contributed by atoms with Crippen LogP contribution >= 0.6 is 11.6 Å². The molecule has 3 rings (SSSR count). The van der Waals surface area contributed by atoms with Crippen molar-refractivity contribution in [3.05, 3.63) is 76.1 Å². The molecule has 1 heterocycles. The fourth-order valence-electron chi connectivity index (χ4n) is 2.74. The van der Waals surface area contributed by atoms with E-state index in [2.05, 4.69) is 10.3 Å². The number of rotatable bonds is 7. The Hall–Kier alpha value is -2.64. The Kier molecular flexibility index (Phi) is 6.39. The molecule has 0 aliphatic heterocycles. The van der Waals surface area contributed by atoms with Crippen molar-refractivity contribution >= 4 is 27.3 Å². The van der Waals surface area contributed by atoms with E-state index < -0.39 is 21.5 Å². The smallest absolute Gasteiger partial charge is 0.235 e. The number of hydrogen-bond acceptors (Lipinski definition) is 5. The van der Waals surface area contributed by atoms with Crippen LogP contribution in [0, 0.1) is 13.8 Å². The van der Waals surface area contributed by atoms with Crippen LogP contribution in [0.2, 0.25) is 5.02 Å². The number of carbonyl (C=O) groups is 1. The fraction of sp³-hybridized carbons (Fsp3) is 0.238. The number of sulfone groups is 1. The molecule has 0 fully saturated rings. The molecule has 0 saturated heterocycles. The van der Waals surface area contributed by atoms with Gasteiger partial charge in [0, 0.05) is 17.1 Å². The number of hydrogen-bond donors (Lipinski definition) is 1. The zero-order valence-electron chi connectivity index (χ0n) is 16.1. The Bertz CT molecular complexity index is 1120. The molecule has 8 heteroatoms. The lowest BCUT2D eigenvalue weighted by Crippen LogP contribution is -2.30. The van der Waals surface area contributed by atoms with Crippen molar-refractivity contribution in [1.29, 1.82) is 0 Å². The number of nitrogens with zero attached hydrogens (tertiary/aromatic N) is 1. The van der Waals surface area contributed by atoms with Gasteiger partial charge in [-0.05, 0) is 43.7 Å². The highest BCUT2D eigenvalue weighted by Gasteiger charge is 2.22. The molecular formula is C21H21ClN2O4S. The molecule has 1 amide bonds. The molecular weight excluding hydrogens is 412 g/mol. The van der Waals surface area contributed by atoms with E-state index in [1.165, 1.54) is 0 Å². The van der Waals surface area contributed by atoms with Crippen LogP contribution in [0.15, 0.2) is 52.9 Å². The van der Waals surface area contributed by atoms with Crippen LogP contribution in [0.3, 0.4) is 0 Å². The third-order valence-corrected chi connectivity index (χ3v) is 5.93. The lowest BCUT2D eigenvalue weighted by molar-refractivity contribution is -0.118. The van der Waals surface area contributed by atoms with Crippen LogP contribution in [0.4, 0.5) is 0 Å². The SMILES string of the molecule is Cc1ccc(-c2nc(CS(=O)(=O)CC(=O)NCc3cccc(Cl)c3)c(C)o2)cc1. The first-order valence-electron chi connectivity index (χ1n) is 8.97. The van der Waals surface area contributed by atoms with Crippen LogP contribution in [0.5, 0.6) is 0 Å². The summed E-state index contributed by atoms with van der Waals surface area (Å²) in [6, 6.07) is 14.6. The standard InChI is InChI=1S/C21H21ClN2O4S/c1-14-6-8-17(9-7-14)21-24-19(15(2)28-21)12-29(26,27)13-20(25)23-11-16-4-3-5-18(22)10-16/h3-10H,11-13H2,1-2H3,(H,23,25). The molecule has 0 atom stereocenters. The Balaban J connectivity index is 1.63. The minimum Gasteiger partial charge on any atom is -0.441 e. The summed E-state index contributed by atoms with van der Waals surface area (Å²) in [6.45, 7) is 3.84. The first-order chi connectivity index (χ1) is 13.7. The van der Waals surface area contributed by atoms with E-state index in [1.54, 1.807) is 31.2 Å². The minimum absolute atomic E-state index is 0.204. The van der Waals surface area contributed by atoms with E-state index in [0.29, 0.717) is 22.4 Å². The molecule has 3 aromatic rings. The normalized spacial score (nSPS) is 11.4. The van der Waals surface area contributed by atoms with Crippen LogP contribution in [-0.4, -0.2) is 25.1 Å². The van der Waals surface area contributed by atoms with Crippen molar-refractivity contribution in [2.24, 2.45) is 0 Å². The van der Waals surface area contributed by atoms with Gasteiger partial charge in [0.2, 0.25) is 11.8 Å². The average Bonchev–Trinajstić information content (AvgIpc) is 3.00. The third-order valence-electron chi connectivity index (χ3n) is 4.28. The van der Waals surface area contributed by atoms with E-state index in [9.17, 15) is 13.2 Å². The largest absolute Gasteiger partial charge is 0.441 e. The Morgan fingerprint density at radius 2 is 1.86 bits per heavy atom. The molecule has 0 unspecified atom stereocenters. The summed E-state index contributed by atoms with van der Waals surface area (Å²) < 4.78 is 30.5. The van der Waals surface area contributed by atoms with Crippen molar-refractivity contribution in [3.63, 3.8) is 0 Å². The van der Waals surface area contributed by atoms with E-state index in [0.717, 1.165) is 16.7 Å². The van der Waals surface area contributed by atoms with E-state index in [1.807, 2.05) is 31.2 Å². The summed E-state index contributed by atoms with van der Waals surface area (Å²) in [6.07, 6.45) is 0. The van der Waals surface area contributed by atoms with Crippen LogP contribution in [-0.2, 0) is 26.9 Å². The number of benzene rings is 2. The number of carbonyl (C=O) groups excluding carboxylic acids is 1. The summed E-state index contributed by atoms with van der Waals surface area (Å²) in [5.41, 5.74) is 2.96. The predicted molar refractivity (Wildman–Crippen MR) is 112 cm³/mol. The molecule has 0 aliphatic carbocycles. The van der Waals surface area contributed by atoms with Crippen LogP contribution in [0.25, 0.3) is 11.5 Å². The van der Waals surface area contributed by atoms with Gasteiger partial charge in [0.25, 0.3) is 0 Å². The maximum atomic E-state index is 12.5. The van der Waals surface area contributed by atoms with Gasteiger partial charge in [-0.2, -0.15) is 0 Å². The summed E-state index contributed by atoms with van der Waals surface area (Å²) in [4.78, 5) is 16.4. The Morgan fingerprint density at radius 1 is 1.14 bits per heavy atom. The van der Waals surface area contributed by atoms with Gasteiger partial charge in [0.05, 0.1) is 11.4 Å². The maximum absolute atomic E-state index is 12.5. The minimum atomic E-state index is -3.71. The van der Waals surface area contributed by atoms with Crippen molar-refractivity contribution in [1.82, 2.24) is 10.3 Å². The van der Waals surface area contributed by atoms with Gasteiger partial charge in [-0.25, -0.2) is 13.4 Å². The summed E-state index contributed by atoms with van der Waals surface area (Å²) in [5.74, 6) is -0.787. The van der Waals surface area contributed by atoms with Crippen molar-refractivity contribution in [2.75, 3.05) is 5.75 Å². The van der Waals surface area contributed by atoms with E-state index >= 15 is 0 Å². The molecule has 1 N–H and O–H groups in total. The zero-order valence-corrected chi connectivity index (χ0v) is 17.7. The topological polar surface area (TPSA) is 89.3 Å². The van der Waals surface area contributed by atoms with Crippen molar-refractivity contribution < 1.29 is 17.6 Å². The molecule has 0 bridgehead atoms. The molecule has 0 saturated carbocycles. The van der Waals surface area contributed by atoms with Crippen molar-refractivity contribution in [2.45, 2.75) is 26.1 Å². The molecule has 0 spiro atoms. The van der Waals surface area contributed by atoms with Gasteiger partial charge in [-0.15, -0.1) is 0 Å². The molecule has 152 valence electrons. The first kappa shape index (κ1) is 21.1. The number of amides is 1. The highest BCUT2D eigenvalue weighted by Crippen LogP contribution is 2.23. The zero-order chi connectivity index (χ0) is 21.0. The summed E-state index contributed by atoms with van der Waals surface area (Å²) in [5, 5.41) is 3.15. The second kappa shape index (κ2) is 8.80. The Labute approximate surface area is 174 Å². The summed E-state index contributed by atoms with van der Waals surface area (Å²) in [7, 11) is -3.71. The van der Waals surface area contributed by atoms with Crippen LogP contribution in [0.1, 0.15) is 22.6 Å². The Morgan fingerprint density at radius 3 is 2.55 bits per heavy atom. The van der Waals surface area contributed by atoms with Gasteiger partial charge in [0.1, 0.15) is 11.5 Å². The van der Waals surface area contributed by atoms with Gasteiger partial charge in [-0.1, -0.05) is 41.4 Å². The predicted octanol–water partition coefficient (Wildman–Crippen LogP) is 3.84. The molecule has 2 aromatic carbocycles. The summed E-state index contributed by atoms with van der Waals surface area (Å²) >= 11 is 5.90.